The molecule has 0 radical (unpaired) electrons. The lowest BCUT2D eigenvalue weighted by molar-refractivity contribution is 0.0960. The number of allylic oxidation sites excluding steroid dienone is 3. The smallest absolute Gasteiger partial charge is 0.284 e. The molecule has 2 atom stereocenters. The van der Waals surface area contributed by atoms with E-state index in [0.717, 1.165) is 18.4 Å². The summed E-state index contributed by atoms with van der Waals surface area (Å²) in [6, 6.07) is 4.55. The third-order valence-corrected chi connectivity index (χ3v) is 6.54. The minimum atomic E-state index is -2.58. The highest BCUT2D eigenvalue weighted by Gasteiger charge is 2.37. The summed E-state index contributed by atoms with van der Waals surface area (Å²) in [4.78, 5) is 15.2. The van der Waals surface area contributed by atoms with Crippen molar-refractivity contribution in [3.8, 4) is 5.75 Å². The standard InChI is InChI=1S/C24H33N5O4S/c1-15(7-5-8-16-11-12-16)20(17-13-14-17)29(4)22(25)23(27-34(32)33)28(3)19-10-6-9-18(21(19)30)24(31)26-2/h5-10,16-17,20,25,30H,11-14H2,1-4H3,(H,26,31)(H,32,33)/b8-5-,15-7+,25-22?,27-23?/t20-/m0/s1. The Morgan fingerprint density at radius 3 is 2.53 bits per heavy atom. The number of rotatable bonds is 8. The molecule has 1 aromatic carbocycles. The zero-order valence-corrected chi connectivity index (χ0v) is 20.8. The minimum absolute atomic E-state index is 0.0493. The number of benzene rings is 1. The Kier molecular flexibility index (Phi) is 8.27. The first-order valence-electron chi connectivity index (χ1n) is 11.3. The van der Waals surface area contributed by atoms with Crippen LogP contribution in [0.4, 0.5) is 5.69 Å². The van der Waals surface area contributed by atoms with E-state index >= 15 is 0 Å². The van der Waals surface area contributed by atoms with E-state index in [4.69, 9.17) is 5.41 Å². The predicted octanol–water partition coefficient (Wildman–Crippen LogP) is 3.32. The highest BCUT2D eigenvalue weighted by molar-refractivity contribution is 7.78. The number of amidine groups is 2. The summed E-state index contributed by atoms with van der Waals surface area (Å²) in [6.07, 6.45) is 10.9. The second-order valence-corrected chi connectivity index (χ2v) is 9.48. The second-order valence-electron chi connectivity index (χ2n) is 8.83. The number of carbonyl (C=O) groups excluding carboxylic acids is 1. The number of phenolic OH excluding ortho intramolecular Hbond substituents is 1. The summed E-state index contributed by atoms with van der Waals surface area (Å²) >= 11 is -2.58. The molecular formula is C24H33N5O4S. The van der Waals surface area contributed by atoms with Gasteiger partial charge in [-0.3, -0.25) is 14.8 Å². The second kappa shape index (κ2) is 11.0. The van der Waals surface area contributed by atoms with Crippen molar-refractivity contribution in [2.24, 2.45) is 16.2 Å². The van der Waals surface area contributed by atoms with Crippen molar-refractivity contribution in [2.45, 2.75) is 38.6 Å². The predicted molar refractivity (Wildman–Crippen MR) is 136 cm³/mol. The summed E-state index contributed by atoms with van der Waals surface area (Å²) in [5.74, 6) is 0.107. The fourth-order valence-corrected chi connectivity index (χ4v) is 4.38. The van der Waals surface area contributed by atoms with E-state index in [1.165, 1.54) is 37.9 Å². The van der Waals surface area contributed by atoms with Crippen LogP contribution in [0, 0.1) is 17.2 Å². The van der Waals surface area contributed by atoms with E-state index in [1.54, 1.807) is 24.1 Å². The Morgan fingerprint density at radius 2 is 1.97 bits per heavy atom. The molecule has 10 heteroatoms. The third-order valence-electron chi connectivity index (χ3n) is 6.21. The van der Waals surface area contributed by atoms with Crippen LogP contribution in [0.25, 0.3) is 0 Å². The van der Waals surface area contributed by atoms with Gasteiger partial charge in [-0.25, -0.2) is 4.21 Å². The van der Waals surface area contributed by atoms with Crippen molar-refractivity contribution in [3.63, 3.8) is 0 Å². The van der Waals surface area contributed by atoms with Crippen LogP contribution in [0.1, 0.15) is 43.0 Å². The van der Waals surface area contributed by atoms with Gasteiger partial charge in [-0.2, -0.15) is 0 Å². The van der Waals surface area contributed by atoms with Gasteiger partial charge in [-0.1, -0.05) is 29.9 Å². The average Bonchev–Trinajstić information content (AvgIpc) is 3.72. The van der Waals surface area contributed by atoms with Gasteiger partial charge in [0.05, 0.1) is 17.3 Å². The van der Waals surface area contributed by atoms with Crippen molar-refractivity contribution in [1.29, 1.82) is 5.41 Å². The molecule has 9 nitrogen and oxygen atoms in total. The molecule has 34 heavy (non-hydrogen) atoms. The molecule has 1 amide bonds. The van der Waals surface area contributed by atoms with Gasteiger partial charge in [-0.05, 0) is 56.6 Å². The van der Waals surface area contributed by atoms with Crippen molar-refractivity contribution >= 4 is 34.5 Å². The zero-order valence-electron chi connectivity index (χ0n) is 20.0. The SMILES string of the molecule is CNC(=O)c1cccc(N(C)C(=NS(=O)O)C(=N)N(C)[C@@H](/C(C)=C/C=C\C2CC2)C2CC2)c1O. The number of para-hydroxylation sites is 1. The van der Waals surface area contributed by atoms with Crippen LogP contribution in [-0.4, -0.2) is 63.5 Å². The molecule has 184 valence electrons. The van der Waals surface area contributed by atoms with Crippen LogP contribution in [-0.2, 0) is 11.3 Å². The monoisotopic (exact) mass is 487 g/mol. The van der Waals surface area contributed by atoms with Crippen molar-refractivity contribution in [2.75, 3.05) is 26.0 Å². The Balaban J connectivity index is 1.92. The zero-order chi connectivity index (χ0) is 25.0. The summed E-state index contributed by atoms with van der Waals surface area (Å²) < 4.78 is 25.0. The average molecular weight is 488 g/mol. The van der Waals surface area contributed by atoms with Gasteiger partial charge in [0.2, 0.25) is 0 Å². The summed E-state index contributed by atoms with van der Waals surface area (Å²) in [5, 5.41) is 22.0. The quantitative estimate of drug-likeness (QED) is 0.193. The number of phenols is 1. The Bertz CT molecular complexity index is 1060. The van der Waals surface area contributed by atoms with Gasteiger partial charge in [0, 0.05) is 21.1 Å². The molecule has 2 aliphatic carbocycles. The molecule has 1 aromatic rings. The molecule has 4 N–H and O–H groups in total. The first-order valence-corrected chi connectivity index (χ1v) is 12.4. The number of amides is 1. The number of carbonyl (C=O) groups is 1. The number of likely N-dealkylation sites (N-methyl/N-ethyl adjacent to an activating group) is 2. The topological polar surface area (TPSA) is 129 Å². The Morgan fingerprint density at radius 1 is 1.29 bits per heavy atom. The van der Waals surface area contributed by atoms with Gasteiger partial charge < -0.3 is 20.2 Å². The Hall–Kier alpha value is -2.98. The normalized spacial score (nSPS) is 18.5. The molecule has 0 aromatic heterocycles. The van der Waals surface area contributed by atoms with E-state index in [-0.39, 0.29) is 34.7 Å². The largest absolute Gasteiger partial charge is 0.505 e. The molecule has 0 heterocycles. The number of nitrogens with zero attached hydrogens (tertiary/aromatic N) is 3. The minimum Gasteiger partial charge on any atom is -0.505 e. The van der Waals surface area contributed by atoms with Crippen LogP contribution in [0.15, 0.2) is 46.4 Å². The fourth-order valence-electron chi connectivity index (χ4n) is 4.03. The lowest BCUT2D eigenvalue weighted by atomic mass is 10.0. The molecule has 0 aliphatic heterocycles. The fraction of sp³-hybridized carbons (Fsp3) is 0.458. The summed E-state index contributed by atoms with van der Waals surface area (Å²) in [6.45, 7) is 2.04. The number of aromatic hydroxyl groups is 1. The van der Waals surface area contributed by atoms with Gasteiger partial charge in [0.1, 0.15) is 0 Å². The molecule has 0 spiro atoms. The van der Waals surface area contributed by atoms with Crippen molar-refractivity contribution in [3.05, 3.63) is 47.6 Å². The van der Waals surface area contributed by atoms with E-state index in [9.17, 15) is 18.7 Å². The first kappa shape index (κ1) is 25.6. The summed E-state index contributed by atoms with van der Waals surface area (Å²) in [7, 11) is 4.76. The molecule has 2 aliphatic rings. The first-order chi connectivity index (χ1) is 16.1. The molecule has 2 saturated carbocycles. The van der Waals surface area contributed by atoms with Gasteiger partial charge in [-0.15, -0.1) is 4.40 Å². The molecule has 3 rings (SSSR count). The molecule has 2 fully saturated rings. The van der Waals surface area contributed by atoms with Crippen molar-refractivity contribution < 1.29 is 18.7 Å². The number of anilines is 1. The van der Waals surface area contributed by atoms with Crippen LogP contribution >= 0.6 is 0 Å². The number of hydrogen-bond acceptors (Lipinski definition) is 4. The van der Waals surface area contributed by atoms with E-state index in [0.29, 0.717) is 11.8 Å². The van der Waals surface area contributed by atoms with Gasteiger partial charge >= 0.3 is 0 Å². The highest BCUT2D eigenvalue weighted by atomic mass is 32.2. The van der Waals surface area contributed by atoms with Gasteiger partial charge in [0.25, 0.3) is 17.2 Å². The van der Waals surface area contributed by atoms with Crippen LogP contribution in [0.2, 0.25) is 0 Å². The lowest BCUT2D eigenvalue weighted by Crippen LogP contribution is -2.47. The summed E-state index contributed by atoms with van der Waals surface area (Å²) in [5.41, 5.74) is 1.34. The van der Waals surface area contributed by atoms with Crippen molar-refractivity contribution in [1.82, 2.24) is 10.2 Å². The highest BCUT2D eigenvalue weighted by Crippen LogP contribution is 2.39. The number of nitrogens with one attached hydrogen (secondary N) is 2. The maximum absolute atomic E-state index is 12.1. The Labute approximate surface area is 203 Å². The maximum atomic E-state index is 12.1. The lowest BCUT2D eigenvalue weighted by Gasteiger charge is -2.34. The third kappa shape index (κ3) is 6.12. The van der Waals surface area contributed by atoms with Crippen LogP contribution in [0.5, 0.6) is 5.75 Å². The molecular weight excluding hydrogens is 454 g/mol. The molecule has 0 saturated heterocycles. The van der Waals surface area contributed by atoms with E-state index < -0.39 is 17.2 Å². The molecule has 1 unspecified atom stereocenters. The van der Waals surface area contributed by atoms with Crippen LogP contribution in [0.3, 0.4) is 0 Å². The van der Waals surface area contributed by atoms with E-state index in [1.807, 2.05) is 6.92 Å². The maximum Gasteiger partial charge on any atom is 0.284 e. The molecule has 0 bridgehead atoms. The van der Waals surface area contributed by atoms with Gasteiger partial charge in [0.15, 0.2) is 17.4 Å². The number of hydrogen-bond donors (Lipinski definition) is 4. The van der Waals surface area contributed by atoms with E-state index in [2.05, 4.69) is 27.9 Å². The van der Waals surface area contributed by atoms with Crippen LogP contribution < -0.4 is 10.2 Å².